The monoisotopic (exact) mass is 487 g/mol. The summed E-state index contributed by atoms with van der Waals surface area (Å²) in [6.45, 7) is 1.79. The van der Waals surface area contributed by atoms with Gasteiger partial charge in [-0.15, -0.1) is 0 Å². The largest absolute Gasteiger partial charge is 0.496 e. The lowest BCUT2D eigenvalue weighted by Gasteiger charge is -2.32. The predicted molar refractivity (Wildman–Crippen MR) is 135 cm³/mol. The molecule has 0 saturated heterocycles. The van der Waals surface area contributed by atoms with E-state index in [1.807, 2.05) is 0 Å². The van der Waals surface area contributed by atoms with Crippen LogP contribution in [0.1, 0.15) is 58.1 Å². The van der Waals surface area contributed by atoms with Crippen LogP contribution in [0.5, 0.6) is 0 Å². The van der Waals surface area contributed by atoms with Crippen LogP contribution in [0.15, 0.2) is 77.6 Å². The minimum atomic E-state index is -0.662. The third-order valence-corrected chi connectivity index (χ3v) is 7.47. The van der Waals surface area contributed by atoms with Gasteiger partial charge >= 0.3 is 0 Å². The van der Waals surface area contributed by atoms with Crippen LogP contribution in [-0.2, 0) is 4.74 Å². The van der Waals surface area contributed by atoms with E-state index in [4.69, 9.17) is 4.74 Å². The van der Waals surface area contributed by atoms with Crippen LogP contribution in [0.25, 0.3) is 0 Å². The van der Waals surface area contributed by atoms with Gasteiger partial charge in [-0.2, -0.15) is 0 Å². The molecule has 2 N–H and O–H groups in total. The first-order valence-electron chi connectivity index (χ1n) is 11.9. The Labute approximate surface area is 211 Å². The Morgan fingerprint density at radius 2 is 1.35 bits per heavy atom. The fraction of sp³-hybridized carbons (Fsp3) is 0.100. The molecule has 7 rings (SSSR count). The number of ketones is 4. The first kappa shape index (κ1) is 21.4. The van der Waals surface area contributed by atoms with Crippen molar-refractivity contribution in [2.75, 3.05) is 12.4 Å². The summed E-state index contributed by atoms with van der Waals surface area (Å²) in [4.78, 5) is 57.5. The number of carbonyl (C=O) groups is 4. The van der Waals surface area contributed by atoms with E-state index in [0.29, 0.717) is 61.6 Å². The maximum atomic E-state index is 13.7. The van der Waals surface area contributed by atoms with E-state index in [1.165, 1.54) is 7.11 Å². The summed E-state index contributed by atoms with van der Waals surface area (Å²) in [5.41, 5.74) is 4.83. The van der Waals surface area contributed by atoms with Gasteiger partial charge in [0.15, 0.2) is 17.3 Å². The zero-order chi connectivity index (χ0) is 25.6. The van der Waals surface area contributed by atoms with Crippen LogP contribution in [0.4, 0.5) is 11.4 Å². The molecule has 3 aliphatic carbocycles. The summed E-state index contributed by atoms with van der Waals surface area (Å²) in [5.74, 6) is -0.721. The molecule has 3 aromatic rings. The number of rotatable bonds is 1. The number of nitrogens with one attached hydrogen (secondary N) is 2. The average molecular weight is 487 g/mol. The lowest BCUT2D eigenvalue weighted by Crippen LogP contribution is -2.74. The Bertz CT molecular complexity index is 1770. The quantitative estimate of drug-likeness (QED) is 0.428. The molecule has 1 atom stereocenters. The second kappa shape index (κ2) is 7.30. The van der Waals surface area contributed by atoms with Gasteiger partial charge in [0.2, 0.25) is 17.2 Å². The fourth-order valence-corrected chi connectivity index (χ4v) is 5.82. The molecule has 1 unspecified atom stereocenters. The number of allylic oxidation sites excluding steroid dienone is 1. The molecule has 37 heavy (non-hydrogen) atoms. The normalized spacial score (nSPS) is 18.9. The van der Waals surface area contributed by atoms with Crippen molar-refractivity contribution in [2.45, 2.75) is 13.0 Å². The highest BCUT2D eigenvalue weighted by Crippen LogP contribution is 2.41. The molecule has 3 aromatic carbocycles. The van der Waals surface area contributed by atoms with Crippen molar-refractivity contribution in [1.82, 2.24) is 0 Å². The van der Waals surface area contributed by atoms with Gasteiger partial charge in [-0.1, -0.05) is 48.5 Å². The first-order valence-corrected chi connectivity index (χ1v) is 11.9. The molecule has 1 heterocycles. The topological polar surface area (TPSA) is 104 Å². The van der Waals surface area contributed by atoms with Crippen LogP contribution in [0.3, 0.4) is 0 Å². The molecular weight excluding hydrogens is 468 g/mol. The predicted octanol–water partition coefficient (Wildman–Crippen LogP) is 2.64. The number of methoxy groups -OCH3 is 1. The van der Waals surface area contributed by atoms with E-state index in [1.54, 1.807) is 67.6 Å². The van der Waals surface area contributed by atoms with Crippen molar-refractivity contribution in [3.05, 3.63) is 117 Å². The van der Waals surface area contributed by atoms with Crippen molar-refractivity contribution in [3.8, 4) is 0 Å². The van der Waals surface area contributed by atoms with Crippen molar-refractivity contribution in [3.63, 3.8) is 0 Å². The van der Waals surface area contributed by atoms with Gasteiger partial charge in [0, 0.05) is 33.4 Å². The van der Waals surface area contributed by atoms with E-state index < -0.39 is 6.04 Å². The number of hydrogen-bond acceptors (Lipinski definition) is 6. The van der Waals surface area contributed by atoms with Crippen molar-refractivity contribution in [2.24, 2.45) is 0 Å². The zero-order valence-corrected chi connectivity index (χ0v) is 19.9. The molecule has 7 heteroatoms. The Morgan fingerprint density at radius 1 is 0.784 bits per heavy atom. The minimum absolute atomic E-state index is 0.203. The van der Waals surface area contributed by atoms with Gasteiger partial charge < -0.3 is 10.1 Å². The Hall–Kier alpha value is -4.91. The highest BCUT2D eigenvalue weighted by molar-refractivity contribution is 6.33. The van der Waals surface area contributed by atoms with Crippen molar-refractivity contribution < 1.29 is 28.9 Å². The molecule has 0 radical (unpaired) electrons. The second-order valence-electron chi connectivity index (χ2n) is 9.43. The number of fused-ring (bicyclic) bond motifs is 7. The maximum Gasteiger partial charge on any atom is 0.239 e. The third-order valence-electron chi connectivity index (χ3n) is 7.47. The highest BCUT2D eigenvalue weighted by Gasteiger charge is 2.47. The number of benzene rings is 3. The van der Waals surface area contributed by atoms with Gasteiger partial charge in [0.1, 0.15) is 23.1 Å². The standard InChI is InChI=1S/C30H18N2O5/c1-13-11-18-25(23-21(13)27(33)14-7-3-5-9-16(14)29(23)35)32-19-12-20(37-2)22-24(26(19)31-18)30(36)17-10-6-4-8-15(17)28(22)34/h3-12,26,31H,1-2H3/p+1. The molecular formula is C30H19N2O5+. The summed E-state index contributed by atoms with van der Waals surface area (Å²) in [6.07, 6.45) is 1.67. The number of aryl methyl sites for hydroxylation is 1. The number of ether oxygens (including phenoxy) is 1. The van der Waals surface area contributed by atoms with Crippen LogP contribution in [0.2, 0.25) is 0 Å². The molecule has 0 bridgehead atoms. The number of carbonyl (C=O) groups excluding carboxylic acids is 4. The van der Waals surface area contributed by atoms with Gasteiger partial charge in [-0.3, -0.25) is 19.2 Å². The lowest BCUT2D eigenvalue weighted by atomic mass is 9.75. The molecule has 1 aliphatic heterocycles. The van der Waals surface area contributed by atoms with E-state index in [2.05, 4.69) is 10.3 Å². The van der Waals surface area contributed by atoms with Gasteiger partial charge in [0.25, 0.3) is 0 Å². The zero-order valence-electron chi connectivity index (χ0n) is 19.9. The molecule has 0 aromatic heterocycles. The minimum Gasteiger partial charge on any atom is -0.496 e. The highest BCUT2D eigenvalue weighted by atomic mass is 16.5. The molecule has 0 saturated carbocycles. The first-order chi connectivity index (χ1) is 17.9. The van der Waals surface area contributed by atoms with Gasteiger partial charge in [-0.05, 0) is 18.6 Å². The molecule has 0 spiro atoms. The number of Topliss-reactive ketones (excluding diaryl/α,β-unsaturated/α-hetero) is 2. The summed E-state index contributed by atoms with van der Waals surface area (Å²) >= 11 is 0. The second-order valence-corrected chi connectivity index (χ2v) is 9.43. The van der Waals surface area contributed by atoms with E-state index in [0.717, 1.165) is 0 Å². The van der Waals surface area contributed by atoms with Gasteiger partial charge in [-0.25, -0.2) is 4.99 Å². The smallest absolute Gasteiger partial charge is 0.239 e. The Morgan fingerprint density at radius 3 is 1.97 bits per heavy atom. The fourth-order valence-electron chi connectivity index (χ4n) is 5.82. The van der Waals surface area contributed by atoms with Crippen molar-refractivity contribution in [1.29, 1.82) is 0 Å². The van der Waals surface area contributed by atoms with Gasteiger partial charge in [0.05, 0.1) is 18.8 Å². The average Bonchev–Trinajstić information content (AvgIpc) is 2.92. The van der Waals surface area contributed by atoms with Crippen LogP contribution >= 0.6 is 0 Å². The summed E-state index contributed by atoms with van der Waals surface area (Å²) in [6, 6.07) is 14.7. The Kier molecular flexibility index (Phi) is 4.22. The molecule has 0 fully saturated rings. The number of anilines is 1. The molecule has 178 valence electrons. The molecule has 0 amide bonds. The summed E-state index contributed by atoms with van der Waals surface area (Å²) in [5, 5.41) is 3.38. The van der Waals surface area contributed by atoms with Crippen LogP contribution < -0.4 is 10.3 Å². The lowest BCUT2D eigenvalue weighted by molar-refractivity contribution is -0.355. The number of hydrogen-bond donors (Lipinski definition) is 2. The third kappa shape index (κ3) is 2.68. The summed E-state index contributed by atoms with van der Waals surface area (Å²) in [7, 11) is 1.45. The SMILES string of the molecule is COC1=CC2=[NH+]c3c(cc(C)c4c3C(=O)c3ccccc3C4=O)NC2C2=C1C(=O)c1ccccc1C2=O. The molecule has 4 aliphatic rings. The summed E-state index contributed by atoms with van der Waals surface area (Å²) < 4.78 is 5.57. The van der Waals surface area contributed by atoms with Crippen molar-refractivity contribution >= 4 is 40.2 Å². The maximum absolute atomic E-state index is 13.7. The van der Waals surface area contributed by atoms with Crippen LogP contribution in [0, 0.1) is 6.92 Å². The van der Waals surface area contributed by atoms with E-state index >= 15 is 0 Å². The Balaban J connectivity index is 1.45. The van der Waals surface area contributed by atoms with E-state index in [9.17, 15) is 19.2 Å². The van der Waals surface area contributed by atoms with E-state index in [-0.39, 0.29) is 34.5 Å². The van der Waals surface area contributed by atoms with Crippen LogP contribution in [-0.4, -0.2) is 42.0 Å². The molecule has 7 nitrogen and oxygen atoms in total.